The Morgan fingerprint density at radius 1 is 1.22 bits per heavy atom. The number of rotatable bonds is 2. The third-order valence-electron chi connectivity index (χ3n) is 3.42. The Balaban J connectivity index is 2.28. The van der Waals surface area contributed by atoms with Crippen molar-refractivity contribution in [2.24, 2.45) is 0 Å². The van der Waals surface area contributed by atoms with E-state index in [4.69, 9.17) is 9.31 Å². The highest BCUT2D eigenvalue weighted by molar-refractivity contribution is 7.89. The molecule has 2 rings (SSSR count). The van der Waals surface area contributed by atoms with E-state index < -0.39 is 28.3 Å². The van der Waals surface area contributed by atoms with Crippen LogP contribution in [-0.2, 0) is 19.3 Å². The van der Waals surface area contributed by atoms with Crippen molar-refractivity contribution in [2.45, 2.75) is 38.9 Å². The van der Waals surface area contributed by atoms with E-state index in [0.29, 0.717) is 5.59 Å². The Labute approximate surface area is 107 Å². The number of hydrogen-bond donors (Lipinski definition) is 0. The van der Waals surface area contributed by atoms with Crippen LogP contribution in [-0.4, -0.2) is 42.2 Å². The van der Waals surface area contributed by atoms with Crippen molar-refractivity contribution in [3.63, 3.8) is 0 Å². The highest BCUT2D eigenvalue weighted by atomic mass is 32.2. The topological polar surface area (TPSA) is 70.4 Å². The maximum Gasteiger partial charge on any atom is 0.516 e. The van der Waals surface area contributed by atoms with Gasteiger partial charge in [-0.3, -0.25) is 0 Å². The van der Waals surface area contributed by atoms with Crippen molar-refractivity contribution in [3.05, 3.63) is 12.3 Å². The first-order chi connectivity index (χ1) is 8.03. The molecule has 0 aliphatic carbocycles. The molecule has 18 heavy (non-hydrogen) atoms. The van der Waals surface area contributed by atoms with Gasteiger partial charge in [-0.25, -0.2) is 8.42 Å². The molecule has 1 aromatic heterocycles. The fraction of sp³-hybridized carbons (Fsp3) is 0.700. The molecule has 2 heterocycles. The largest absolute Gasteiger partial charge is 0.516 e. The van der Waals surface area contributed by atoms with E-state index in [1.165, 1.54) is 6.20 Å². The van der Waals surface area contributed by atoms with E-state index in [1.807, 2.05) is 27.7 Å². The van der Waals surface area contributed by atoms with Crippen molar-refractivity contribution in [2.75, 3.05) is 6.26 Å². The van der Waals surface area contributed by atoms with Crippen LogP contribution in [0.1, 0.15) is 27.7 Å². The van der Waals surface area contributed by atoms with Gasteiger partial charge in [0.1, 0.15) is 0 Å². The van der Waals surface area contributed by atoms with Gasteiger partial charge in [0.2, 0.25) is 0 Å². The molecular formula is C10H17BN2O4S. The van der Waals surface area contributed by atoms with E-state index in [0.717, 1.165) is 10.3 Å². The average Bonchev–Trinajstić information content (AvgIpc) is 2.69. The SMILES string of the molecule is CC1(C)OB(c2ccn(S(C)(=O)=O)n2)OC1(C)C. The highest BCUT2D eigenvalue weighted by Gasteiger charge is 2.52. The Bertz CT molecular complexity index is 548. The van der Waals surface area contributed by atoms with Crippen molar-refractivity contribution in [1.82, 2.24) is 9.19 Å². The second-order valence-electron chi connectivity index (χ2n) is 5.46. The molecule has 1 aliphatic rings. The molecule has 0 amide bonds. The van der Waals surface area contributed by atoms with Crippen molar-refractivity contribution >= 4 is 22.7 Å². The Morgan fingerprint density at radius 3 is 2.11 bits per heavy atom. The fourth-order valence-corrected chi connectivity index (χ4v) is 2.12. The molecule has 0 saturated carbocycles. The smallest absolute Gasteiger partial charge is 0.398 e. The van der Waals surface area contributed by atoms with Crippen LogP contribution in [0.4, 0.5) is 0 Å². The summed E-state index contributed by atoms with van der Waals surface area (Å²) in [6.07, 6.45) is 2.48. The highest BCUT2D eigenvalue weighted by Crippen LogP contribution is 2.36. The van der Waals surface area contributed by atoms with Gasteiger partial charge in [0.15, 0.2) is 0 Å². The first-order valence-corrected chi connectivity index (χ1v) is 7.49. The molecule has 0 aromatic carbocycles. The summed E-state index contributed by atoms with van der Waals surface area (Å²) in [6.45, 7) is 7.72. The Hall–Kier alpha value is -0.855. The molecule has 1 aliphatic heterocycles. The molecule has 1 aromatic rings. The summed E-state index contributed by atoms with van der Waals surface area (Å²) in [4.78, 5) is 0. The van der Waals surface area contributed by atoms with Gasteiger partial charge in [0, 0.05) is 6.20 Å². The third-order valence-corrected chi connectivity index (χ3v) is 4.30. The summed E-state index contributed by atoms with van der Waals surface area (Å²) in [5.41, 5.74) is -0.474. The standard InChI is InChI=1S/C10H17BN2O4S/c1-9(2)10(3,4)17-11(16-9)8-6-7-13(12-8)18(5,14)15/h6-7H,1-5H3. The first-order valence-electron chi connectivity index (χ1n) is 5.65. The maximum atomic E-state index is 11.3. The summed E-state index contributed by atoms with van der Waals surface area (Å²) in [5.74, 6) is 0. The molecule has 0 radical (unpaired) electrons. The molecular weight excluding hydrogens is 255 g/mol. The van der Waals surface area contributed by atoms with Gasteiger partial charge in [-0.05, 0) is 33.8 Å². The number of hydrogen-bond acceptors (Lipinski definition) is 5. The molecule has 1 saturated heterocycles. The van der Waals surface area contributed by atoms with E-state index in [9.17, 15) is 8.42 Å². The third kappa shape index (κ3) is 2.20. The molecule has 0 bridgehead atoms. The average molecular weight is 272 g/mol. The lowest BCUT2D eigenvalue weighted by Crippen LogP contribution is -2.41. The van der Waals surface area contributed by atoms with Crippen LogP contribution in [0.25, 0.3) is 0 Å². The minimum absolute atomic E-state index is 0.457. The van der Waals surface area contributed by atoms with Crippen LogP contribution in [0.15, 0.2) is 12.3 Å². The van der Waals surface area contributed by atoms with Gasteiger partial charge in [0.05, 0.1) is 23.1 Å². The van der Waals surface area contributed by atoms with Crippen LogP contribution >= 0.6 is 0 Å². The van der Waals surface area contributed by atoms with Crippen molar-refractivity contribution < 1.29 is 17.7 Å². The summed E-state index contributed by atoms with van der Waals surface area (Å²) in [6, 6.07) is 1.59. The molecule has 1 fully saturated rings. The summed E-state index contributed by atoms with van der Waals surface area (Å²) in [7, 11) is -4.02. The van der Waals surface area contributed by atoms with Gasteiger partial charge in [0.25, 0.3) is 10.0 Å². The summed E-state index contributed by atoms with van der Waals surface area (Å²) < 4.78 is 35.1. The maximum absolute atomic E-state index is 11.3. The van der Waals surface area contributed by atoms with Gasteiger partial charge in [-0.2, -0.15) is 9.19 Å². The fourth-order valence-electron chi connectivity index (χ4n) is 1.59. The van der Waals surface area contributed by atoms with Gasteiger partial charge < -0.3 is 9.31 Å². The molecule has 0 spiro atoms. The lowest BCUT2D eigenvalue weighted by Gasteiger charge is -2.32. The van der Waals surface area contributed by atoms with Gasteiger partial charge in [-0.1, -0.05) is 0 Å². The predicted octanol–water partition coefficient (Wildman–Crippen LogP) is -0.0100. The van der Waals surface area contributed by atoms with Crippen LogP contribution in [0.3, 0.4) is 0 Å². The van der Waals surface area contributed by atoms with E-state index in [2.05, 4.69) is 5.10 Å². The lowest BCUT2D eigenvalue weighted by atomic mass is 9.85. The quantitative estimate of drug-likeness (QED) is 0.708. The minimum Gasteiger partial charge on any atom is -0.398 e. The predicted molar refractivity (Wildman–Crippen MR) is 68.2 cm³/mol. The number of aromatic nitrogens is 2. The normalized spacial score (nSPS) is 22.4. The van der Waals surface area contributed by atoms with Gasteiger partial charge >= 0.3 is 7.12 Å². The Morgan fingerprint density at radius 2 is 1.72 bits per heavy atom. The second-order valence-corrected chi connectivity index (χ2v) is 7.30. The minimum atomic E-state index is -3.37. The molecule has 0 atom stereocenters. The zero-order valence-electron chi connectivity index (χ0n) is 11.2. The van der Waals surface area contributed by atoms with E-state index >= 15 is 0 Å². The second kappa shape index (κ2) is 3.82. The summed E-state index contributed by atoms with van der Waals surface area (Å²) in [5, 5.41) is 3.97. The van der Waals surface area contributed by atoms with Crippen LogP contribution in [0.2, 0.25) is 0 Å². The molecule has 100 valence electrons. The van der Waals surface area contributed by atoms with E-state index in [1.54, 1.807) is 6.07 Å². The first kappa shape index (κ1) is 13.6. The summed E-state index contributed by atoms with van der Waals surface area (Å²) >= 11 is 0. The Kier molecular flexibility index (Phi) is 2.88. The van der Waals surface area contributed by atoms with Crippen molar-refractivity contribution in [1.29, 1.82) is 0 Å². The van der Waals surface area contributed by atoms with Gasteiger partial charge in [-0.15, -0.1) is 0 Å². The van der Waals surface area contributed by atoms with Crippen molar-refractivity contribution in [3.8, 4) is 0 Å². The lowest BCUT2D eigenvalue weighted by molar-refractivity contribution is 0.00578. The number of nitrogens with zero attached hydrogens (tertiary/aromatic N) is 2. The van der Waals surface area contributed by atoms with Crippen LogP contribution in [0.5, 0.6) is 0 Å². The molecule has 0 unspecified atom stereocenters. The molecule has 6 nitrogen and oxygen atoms in total. The zero-order valence-corrected chi connectivity index (χ0v) is 12.0. The van der Waals surface area contributed by atoms with Crippen LogP contribution < -0.4 is 5.59 Å². The monoisotopic (exact) mass is 272 g/mol. The molecule has 0 N–H and O–H groups in total. The van der Waals surface area contributed by atoms with Crippen LogP contribution in [0, 0.1) is 0 Å². The zero-order chi connectivity index (χ0) is 13.8. The van der Waals surface area contributed by atoms with E-state index in [-0.39, 0.29) is 0 Å². The molecule has 8 heteroatoms.